The van der Waals surface area contributed by atoms with Gasteiger partial charge in [0.05, 0.1) is 18.8 Å². The first-order valence-corrected chi connectivity index (χ1v) is 24.1. The van der Waals surface area contributed by atoms with Crippen LogP contribution in [0.2, 0.25) is 0 Å². The van der Waals surface area contributed by atoms with Gasteiger partial charge in [0, 0.05) is 0 Å². The third kappa shape index (κ3) is 39.1. The van der Waals surface area contributed by atoms with Gasteiger partial charge in [0.25, 0.3) is 0 Å². The number of aliphatic hydroxyl groups excluding tert-OH is 3. The highest BCUT2D eigenvalue weighted by molar-refractivity contribution is 5.80. The second kappa shape index (κ2) is 44.5. The van der Waals surface area contributed by atoms with Crippen molar-refractivity contribution < 1.29 is 20.1 Å². The van der Waals surface area contributed by atoms with Crippen LogP contribution in [-0.2, 0) is 4.79 Å². The summed E-state index contributed by atoms with van der Waals surface area (Å²) in [5.41, 5.74) is 0. The van der Waals surface area contributed by atoms with Gasteiger partial charge in [-0.1, -0.05) is 237 Å². The molecule has 4 N–H and O–H groups in total. The maximum absolute atomic E-state index is 12.5. The standard InChI is InChI=1S/C49H95NO4/c1-3-5-7-9-11-13-15-17-18-19-20-21-22-23-24-25-26-27-28-29-30-31-32-34-36-38-40-42-44-48(53)49(54)50-46(45-51)47(52)43-41-39-37-35-33-16-14-12-10-8-6-4-2/h20-21,23-24,46-48,51-53H,3-19,22,25-45H2,1-2H3,(H,50,54)/b21-20-,24-23-. The summed E-state index contributed by atoms with van der Waals surface area (Å²) in [6.45, 7) is 4.23. The lowest BCUT2D eigenvalue weighted by atomic mass is 10.0. The van der Waals surface area contributed by atoms with Gasteiger partial charge < -0.3 is 20.6 Å². The Labute approximate surface area is 337 Å². The topological polar surface area (TPSA) is 89.8 Å². The van der Waals surface area contributed by atoms with Gasteiger partial charge in [-0.25, -0.2) is 0 Å². The summed E-state index contributed by atoms with van der Waals surface area (Å²) in [5, 5.41) is 33.3. The van der Waals surface area contributed by atoms with Gasteiger partial charge in [-0.15, -0.1) is 0 Å². The van der Waals surface area contributed by atoms with E-state index in [0.717, 1.165) is 38.5 Å². The fourth-order valence-electron chi connectivity index (χ4n) is 7.52. The first kappa shape index (κ1) is 52.8. The number of rotatable bonds is 44. The van der Waals surface area contributed by atoms with Crippen LogP contribution in [0.3, 0.4) is 0 Å². The monoisotopic (exact) mass is 762 g/mol. The van der Waals surface area contributed by atoms with E-state index in [0.29, 0.717) is 12.8 Å². The Morgan fingerprint density at radius 2 is 0.759 bits per heavy atom. The summed E-state index contributed by atoms with van der Waals surface area (Å²) in [6, 6.07) is -0.710. The summed E-state index contributed by atoms with van der Waals surface area (Å²) in [4.78, 5) is 12.5. The average Bonchev–Trinajstić information content (AvgIpc) is 3.18. The Balaban J connectivity index is 3.54. The molecule has 0 aliphatic rings. The molecule has 0 spiro atoms. The maximum Gasteiger partial charge on any atom is 0.249 e. The molecule has 0 heterocycles. The van der Waals surface area contributed by atoms with Crippen molar-refractivity contribution in [1.82, 2.24) is 5.32 Å². The molecular formula is C49H95NO4. The second-order valence-electron chi connectivity index (χ2n) is 16.7. The lowest BCUT2D eigenvalue weighted by Crippen LogP contribution is -2.49. The van der Waals surface area contributed by atoms with Crippen molar-refractivity contribution in [2.45, 2.75) is 276 Å². The van der Waals surface area contributed by atoms with E-state index in [4.69, 9.17) is 0 Å². The maximum atomic E-state index is 12.5. The summed E-state index contributed by atoms with van der Waals surface area (Å²) in [5.74, 6) is -0.471. The van der Waals surface area contributed by atoms with Crippen LogP contribution in [0.25, 0.3) is 0 Å². The lowest BCUT2D eigenvalue weighted by molar-refractivity contribution is -0.131. The van der Waals surface area contributed by atoms with E-state index in [1.54, 1.807) is 0 Å². The molecule has 54 heavy (non-hydrogen) atoms. The van der Waals surface area contributed by atoms with E-state index in [1.807, 2.05) is 0 Å². The van der Waals surface area contributed by atoms with Crippen LogP contribution in [0.15, 0.2) is 24.3 Å². The normalized spacial score (nSPS) is 13.6. The minimum Gasteiger partial charge on any atom is -0.394 e. The van der Waals surface area contributed by atoms with E-state index in [2.05, 4.69) is 43.5 Å². The first-order chi connectivity index (χ1) is 26.6. The van der Waals surface area contributed by atoms with E-state index in [-0.39, 0.29) is 6.61 Å². The van der Waals surface area contributed by atoms with Crippen molar-refractivity contribution in [3.05, 3.63) is 24.3 Å². The van der Waals surface area contributed by atoms with E-state index < -0.39 is 24.2 Å². The molecule has 0 aromatic rings. The van der Waals surface area contributed by atoms with E-state index in [1.165, 1.54) is 193 Å². The van der Waals surface area contributed by atoms with Gasteiger partial charge >= 0.3 is 0 Å². The zero-order valence-electron chi connectivity index (χ0n) is 36.4. The van der Waals surface area contributed by atoms with Crippen molar-refractivity contribution in [2.75, 3.05) is 6.61 Å². The first-order valence-electron chi connectivity index (χ1n) is 24.1. The van der Waals surface area contributed by atoms with Gasteiger partial charge in [-0.3, -0.25) is 4.79 Å². The lowest BCUT2D eigenvalue weighted by Gasteiger charge is -2.23. The van der Waals surface area contributed by atoms with Crippen molar-refractivity contribution >= 4 is 5.91 Å². The van der Waals surface area contributed by atoms with Crippen molar-refractivity contribution in [3.63, 3.8) is 0 Å². The molecule has 320 valence electrons. The molecule has 0 aromatic carbocycles. The highest BCUT2D eigenvalue weighted by atomic mass is 16.3. The highest BCUT2D eigenvalue weighted by Crippen LogP contribution is 2.16. The van der Waals surface area contributed by atoms with Gasteiger partial charge in [0.1, 0.15) is 6.10 Å². The van der Waals surface area contributed by atoms with Gasteiger partial charge in [0.15, 0.2) is 0 Å². The smallest absolute Gasteiger partial charge is 0.249 e. The number of aliphatic hydroxyl groups is 3. The summed E-state index contributed by atoms with van der Waals surface area (Å²) in [6.07, 6.45) is 54.8. The molecule has 0 bridgehead atoms. The number of carbonyl (C=O) groups is 1. The second-order valence-corrected chi connectivity index (χ2v) is 16.7. The van der Waals surface area contributed by atoms with Gasteiger partial charge in [0.2, 0.25) is 5.91 Å². The predicted octanol–water partition coefficient (Wildman–Crippen LogP) is 14.2. The van der Waals surface area contributed by atoms with Crippen LogP contribution in [-0.4, -0.2) is 46.1 Å². The van der Waals surface area contributed by atoms with Crippen LogP contribution >= 0.6 is 0 Å². The third-order valence-electron chi connectivity index (χ3n) is 11.3. The SMILES string of the molecule is CCCCCCCCCCC/C=C\C/C=C\CCCCCCCCCCCCCCC(O)C(=O)NC(CO)C(O)CCCCCCCCCCCCCC. The minimum absolute atomic E-state index is 0.312. The molecule has 0 saturated heterocycles. The fourth-order valence-corrected chi connectivity index (χ4v) is 7.52. The zero-order chi connectivity index (χ0) is 39.4. The number of hydrogen-bond acceptors (Lipinski definition) is 4. The largest absolute Gasteiger partial charge is 0.394 e. The summed E-state index contributed by atoms with van der Waals surface area (Å²) in [7, 11) is 0. The molecule has 0 aliphatic heterocycles. The highest BCUT2D eigenvalue weighted by Gasteiger charge is 2.23. The molecule has 0 saturated carbocycles. The average molecular weight is 762 g/mol. The summed E-state index contributed by atoms with van der Waals surface area (Å²) >= 11 is 0. The van der Waals surface area contributed by atoms with Crippen molar-refractivity contribution in [2.24, 2.45) is 0 Å². The molecule has 1 amide bonds. The molecule has 0 aliphatic carbocycles. The number of allylic oxidation sites excluding steroid dienone is 4. The Morgan fingerprint density at radius 1 is 0.444 bits per heavy atom. The molecule has 3 atom stereocenters. The Morgan fingerprint density at radius 3 is 1.11 bits per heavy atom. The number of nitrogens with one attached hydrogen (secondary N) is 1. The molecular weight excluding hydrogens is 667 g/mol. The fraction of sp³-hybridized carbons (Fsp3) is 0.898. The zero-order valence-corrected chi connectivity index (χ0v) is 36.4. The van der Waals surface area contributed by atoms with Crippen LogP contribution in [0.1, 0.15) is 258 Å². The van der Waals surface area contributed by atoms with Gasteiger partial charge in [-0.05, 0) is 44.9 Å². The quantitative estimate of drug-likeness (QED) is 0.0368. The van der Waals surface area contributed by atoms with Crippen molar-refractivity contribution in [1.29, 1.82) is 0 Å². The van der Waals surface area contributed by atoms with Crippen molar-refractivity contribution in [3.8, 4) is 0 Å². The van der Waals surface area contributed by atoms with Crippen LogP contribution in [0, 0.1) is 0 Å². The molecule has 0 fully saturated rings. The molecule has 0 radical (unpaired) electrons. The molecule has 5 heteroatoms. The van der Waals surface area contributed by atoms with E-state index in [9.17, 15) is 20.1 Å². The molecule has 5 nitrogen and oxygen atoms in total. The Kier molecular flexibility index (Phi) is 43.6. The number of unbranched alkanes of at least 4 members (excludes halogenated alkanes) is 32. The number of carbonyl (C=O) groups excluding carboxylic acids is 1. The minimum atomic E-state index is -1.07. The predicted molar refractivity (Wildman–Crippen MR) is 236 cm³/mol. The molecule has 0 rings (SSSR count). The number of hydrogen-bond donors (Lipinski definition) is 4. The Bertz CT molecular complexity index is 799. The van der Waals surface area contributed by atoms with Gasteiger partial charge in [-0.2, -0.15) is 0 Å². The van der Waals surface area contributed by atoms with Crippen LogP contribution in [0.4, 0.5) is 0 Å². The van der Waals surface area contributed by atoms with E-state index >= 15 is 0 Å². The summed E-state index contributed by atoms with van der Waals surface area (Å²) < 4.78 is 0. The van der Waals surface area contributed by atoms with Crippen LogP contribution < -0.4 is 5.32 Å². The Hall–Kier alpha value is -1.17. The molecule has 0 aromatic heterocycles. The third-order valence-corrected chi connectivity index (χ3v) is 11.3. The number of amides is 1. The molecule has 3 unspecified atom stereocenters. The van der Waals surface area contributed by atoms with Crippen LogP contribution in [0.5, 0.6) is 0 Å².